The molecule has 0 aliphatic carbocycles. The number of para-hydroxylation sites is 1. The van der Waals surface area contributed by atoms with Gasteiger partial charge in [-0.05, 0) is 6.08 Å². The van der Waals surface area contributed by atoms with Crippen LogP contribution >= 0.6 is 0 Å². The van der Waals surface area contributed by atoms with Gasteiger partial charge in [0, 0.05) is 23.6 Å². The van der Waals surface area contributed by atoms with Crippen LogP contribution in [-0.4, -0.2) is 25.0 Å². The van der Waals surface area contributed by atoms with Gasteiger partial charge < -0.3 is 4.57 Å². The molecule has 0 radical (unpaired) electrons. The molecule has 0 amide bonds. The van der Waals surface area contributed by atoms with Gasteiger partial charge in [0.2, 0.25) is 0 Å². The van der Waals surface area contributed by atoms with Crippen LogP contribution in [-0.2, 0) is 7.05 Å². The minimum absolute atomic E-state index is 0.444. The maximum absolute atomic E-state index is 9.64. The van der Waals surface area contributed by atoms with E-state index in [9.17, 15) is 5.26 Å². The second kappa shape index (κ2) is 6.06. The van der Waals surface area contributed by atoms with Gasteiger partial charge in [-0.1, -0.05) is 48.5 Å². The van der Waals surface area contributed by atoms with Crippen LogP contribution in [0.2, 0.25) is 0 Å². The quantitative estimate of drug-likeness (QED) is 0.585. The topological polar surface area (TPSA) is 83.2 Å². The number of fused-ring (bicyclic) bond motifs is 1. The van der Waals surface area contributed by atoms with Crippen LogP contribution in [0.4, 0.5) is 0 Å². The summed E-state index contributed by atoms with van der Waals surface area (Å²) < 4.78 is 1.83. The first-order valence-electron chi connectivity index (χ1n) is 7.77. The number of aromatic amines is 1. The van der Waals surface area contributed by atoms with Crippen LogP contribution in [0.1, 0.15) is 11.4 Å². The van der Waals surface area contributed by atoms with Crippen molar-refractivity contribution in [3.63, 3.8) is 0 Å². The maximum atomic E-state index is 9.64. The lowest BCUT2D eigenvalue weighted by molar-refractivity contribution is 0.901. The number of nitrogens with zero attached hydrogens (tertiary/aromatic N) is 5. The van der Waals surface area contributed by atoms with E-state index in [1.807, 2.05) is 60.1 Å². The first kappa shape index (κ1) is 14.8. The summed E-state index contributed by atoms with van der Waals surface area (Å²) in [6.45, 7) is 0. The molecule has 0 spiro atoms. The third-order valence-corrected chi connectivity index (χ3v) is 4.08. The van der Waals surface area contributed by atoms with Gasteiger partial charge in [-0.2, -0.15) is 10.4 Å². The molecule has 0 bridgehead atoms. The third-order valence-electron chi connectivity index (χ3n) is 4.08. The average Bonchev–Trinajstić information content (AvgIpc) is 3.27. The molecule has 2 aromatic heterocycles. The molecule has 0 saturated carbocycles. The lowest BCUT2D eigenvalue weighted by atomic mass is 10.1. The highest BCUT2D eigenvalue weighted by atomic mass is 15.3. The Bertz CT molecular complexity index is 1110. The van der Waals surface area contributed by atoms with E-state index in [1.165, 1.54) is 0 Å². The van der Waals surface area contributed by atoms with Crippen molar-refractivity contribution in [2.75, 3.05) is 0 Å². The summed E-state index contributed by atoms with van der Waals surface area (Å²) >= 11 is 0. The number of allylic oxidation sites excluding steroid dienone is 1. The zero-order valence-electron chi connectivity index (χ0n) is 13.5. The molecule has 25 heavy (non-hydrogen) atoms. The van der Waals surface area contributed by atoms with E-state index in [1.54, 1.807) is 12.3 Å². The summed E-state index contributed by atoms with van der Waals surface area (Å²) in [6, 6.07) is 17.9. The van der Waals surface area contributed by atoms with Gasteiger partial charge in [0.25, 0.3) is 0 Å². The Morgan fingerprint density at radius 1 is 1.12 bits per heavy atom. The monoisotopic (exact) mass is 326 g/mol. The van der Waals surface area contributed by atoms with Crippen molar-refractivity contribution in [1.82, 2.24) is 25.0 Å². The van der Waals surface area contributed by atoms with E-state index in [4.69, 9.17) is 0 Å². The average molecular weight is 326 g/mol. The van der Waals surface area contributed by atoms with Crippen molar-refractivity contribution >= 4 is 22.6 Å². The summed E-state index contributed by atoms with van der Waals surface area (Å²) in [7, 11) is 1.86. The Morgan fingerprint density at radius 3 is 2.76 bits per heavy atom. The summed E-state index contributed by atoms with van der Waals surface area (Å²) in [4.78, 5) is 0. The van der Waals surface area contributed by atoms with Crippen LogP contribution in [0.15, 0.2) is 54.7 Å². The number of hydrogen-bond acceptors (Lipinski definition) is 4. The largest absolute Gasteiger partial charge is 0.310 e. The van der Waals surface area contributed by atoms with Gasteiger partial charge in [-0.3, -0.25) is 5.10 Å². The van der Waals surface area contributed by atoms with Crippen LogP contribution in [0.3, 0.4) is 0 Å². The number of H-pyrrole nitrogens is 1. The van der Waals surface area contributed by atoms with Crippen LogP contribution in [0.5, 0.6) is 0 Å². The van der Waals surface area contributed by atoms with Gasteiger partial charge >= 0.3 is 0 Å². The zero-order chi connectivity index (χ0) is 17.2. The summed E-state index contributed by atoms with van der Waals surface area (Å²) in [6.07, 6.45) is 3.56. The van der Waals surface area contributed by atoms with E-state index in [0.29, 0.717) is 11.4 Å². The van der Waals surface area contributed by atoms with Gasteiger partial charge in [-0.25, -0.2) is 0 Å². The number of rotatable bonds is 3. The van der Waals surface area contributed by atoms with Crippen molar-refractivity contribution in [2.45, 2.75) is 0 Å². The fraction of sp³-hybridized carbons (Fsp3) is 0.0526. The first-order valence-corrected chi connectivity index (χ1v) is 7.77. The van der Waals surface area contributed by atoms with Crippen LogP contribution < -0.4 is 0 Å². The molecule has 0 aliphatic heterocycles. The molecule has 0 fully saturated rings. The van der Waals surface area contributed by atoms with Crippen molar-refractivity contribution in [3.05, 3.63) is 66.1 Å². The molecule has 4 rings (SSSR count). The Hall–Kier alpha value is -3.72. The summed E-state index contributed by atoms with van der Waals surface area (Å²) in [5.41, 5.74) is 3.17. The van der Waals surface area contributed by atoms with Gasteiger partial charge in [-0.15, -0.1) is 10.2 Å². The Kier molecular flexibility index (Phi) is 3.60. The van der Waals surface area contributed by atoms with Crippen molar-refractivity contribution in [2.24, 2.45) is 7.05 Å². The molecule has 0 unspecified atom stereocenters. The molecular formula is C19H14N6. The fourth-order valence-corrected chi connectivity index (χ4v) is 2.82. The second-order valence-corrected chi connectivity index (χ2v) is 5.62. The molecule has 0 saturated heterocycles. The van der Waals surface area contributed by atoms with Crippen molar-refractivity contribution < 1.29 is 0 Å². The van der Waals surface area contributed by atoms with Crippen LogP contribution in [0, 0.1) is 11.3 Å². The predicted molar refractivity (Wildman–Crippen MR) is 96.0 cm³/mol. The summed E-state index contributed by atoms with van der Waals surface area (Å²) in [5.74, 6) is 1.24. The zero-order valence-corrected chi connectivity index (χ0v) is 13.5. The van der Waals surface area contributed by atoms with Crippen LogP contribution in [0.25, 0.3) is 33.9 Å². The minimum atomic E-state index is 0.444. The number of hydrogen-bond donors (Lipinski definition) is 1. The van der Waals surface area contributed by atoms with Gasteiger partial charge in [0.1, 0.15) is 6.07 Å². The highest BCUT2D eigenvalue weighted by molar-refractivity contribution is 5.95. The summed E-state index contributed by atoms with van der Waals surface area (Å²) in [5, 5.41) is 26.1. The van der Waals surface area contributed by atoms with Crippen molar-refractivity contribution in [1.29, 1.82) is 5.26 Å². The van der Waals surface area contributed by atoms with Gasteiger partial charge in [0.05, 0.1) is 17.3 Å². The fourth-order valence-electron chi connectivity index (χ4n) is 2.82. The molecule has 0 atom stereocenters. The number of aromatic nitrogens is 5. The predicted octanol–water partition coefficient (Wildman–Crippen LogP) is 3.42. The highest BCUT2D eigenvalue weighted by Crippen LogP contribution is 2.24. The van der Waals surface area contributed by atoms with Gasteiger partial charge in [0.15, 0.2) is 11.6 Å². The molecular weight excluding hydrogens is 312 g/mol. The number of nitriles is 1. The lowest BCUT2D eigenvalue weighted by Gasteiger charge is -2.03. The highest BCUT2D eigenvalue weighted by Gasteiger charge is 2.15. The molecule has 6 nitrogen and oxygen atoms in total. The third kappa shape index (κ3) is 2.58. The first-order chi connectivity index (χ1) is 12.3. The molecule has 2 aromatic carbocycles. The number of benzene rings is 2. The molecule has 120 valence electrons. The van der Waals surface area contributed by atoms with E-state index < -0.39 is 0 Å². The smallest absolute Gasteiger partial charge is 0.174 e. The normalized spacial score (nSPS) is 11.6. The Labute approximate surface area is 144 Å². The van der Waals surface area contributed by atoms with Crippen molar-refractivity contribution in [3.8, 4) is 17.5 Å². The molecule has 4 aromatic rings. The SMILES string of the molecule is Cn1c(/C(C#N)=C/c2cccc3cn[nH]c23)nnc1-c1ccccc1. The Morgan fingerprint density at radius 2 is 1.96 bits per heavy atom. The maximum Gasteiger partial charge on any atom is 0.174 e. The van der Waals surface area contributed by atoms with E-state index in [-0.39, 0.29) is 0 Å². The van der Waals surface area contributed by atoms with E-state index in [2.05, 4.69) is 26.5 Å². The molecule has 6 heteroatoms. The minimum Gasteiger partial charge on any atom is -0.310 e. The number of nitrogens with one attached hydrogen (secondary N) is 1. The molecule has 0 aliphatic rings. The molecule has 2 heterocycles. The Balaban J connectivity index is 1.82. The standard InChI is InChI=1S/C19H14N6/c1-25-18(13-6-3-2-4-7-13)23-24-19(25)16(11-20)10-14-8-5-9-15-12-21-22-17(14)15/h2-10,12H,1H3,(H,21,22)/b16-10+. The van der Waals surface area contributed by atoms with E-state index >= 15 is 0 Å². The second-order valence-electron chi connectivity index (χ2n) is 5.62. The van der Waals surface area contributed by atoms with E-state index in [0.717, 1.165) is 27.9 Å². The lowest BCUT2D eigenvalue weighted by Crippen LogP contribution is -1.98. The molecule has 1 N–H and O–H groups in total.